The zero-order valence-electron chi connectivity index (χ0n) is 15.9. The fourth-order valence-corrected chi connectivity index (χ4v) is 2.91. The first-order valence-electron chi connectivity index (χ1n) is 8.89. The van der Waals surface area contributed by atoms with Crippen LogP contribution in [0.4, 0.5) is 13.2 Å². The van der Waals surface area contributed by atoms with Crippen molar-refractivity contribution in [3.05, 3.63) is 77.1 Å². The van der Waals surface area contributed by atoms with Gasteiger partial charge in [-0.15, -0.1) is 0 Å². The Balaban J connectivity index is 1.85. The lowest BCUT2D eigenvalue weighted by atomic mass is 10.1. The highest BCUT2D eigenvalue weighted by Crippen LogP contribution is 2.34. The average molecular weight is 414 g/mol. The summed E-state index contributed by atoms with van der Waals surface area (Å²) in [6.45, 7) is 1.51. The minimum absolute atomic E-state index is 0.0184. The fraction of sp³-hybridized carbons (Fsp3) is 0.190. The Morgan fingerprint density at radius 3 is 2.70 bits per heavy atom. The first kappa shape index (κ1) is 20.9. The molecule has 1 N–H and O–H groups in total. The van der Waals surface area contributed by atoms with Crippen LogP contribution in [0.25, 0.3) is 5.69 Å². The van der Waals surface area contributed by atoms with E-state index in [0.29, 0.717) is 16.9 Å². The second kappa shape index (κ2) is 8.69. The van der Waals surface area contributed by atoms with Crippen LogP contribution in [0.3, 0.4) is 0 Å². The van der Waals surface area contributed by atoms with Crippen molar-refractivity contribution in [2.45, 2.75) is 19.6 Å². The molecule has 1 heterocycles. The minimum atomic E-state index is -4.78. The summed E-state index contributed by atoms with van der Waals surface area (Å²) < 4.78 is 47.2. The zero-order chi connectivity index (χ0) is 21.7. The van der Waals surface area contributed by atoms with Crippen LogP contribution >= 0.6 is 0 Å². The topological polar surface area (TPSA) is 79.9 Å². The van der Waals surface area contributed by atoms with Gasteiger partial charge in [0.2, 0.25) is 0 Å². The fourth-order valence-electron chi connectivity index (χ4n) is 2.91. The summed E-state index contributed by atoms with van der Waals surface area (Å²) >= 11 is 0. The molecule has 3 aromatic rings. The number of nitrogens with zero attached hydrogens (tertiary/aromatic N) is 3. The summed E-state index contributed by atoms with van der Waals surface area (Å²) in [4.78, 5) is 12.5. The summed E-state index contributed by atoms with van der Waals surface area (Å²) in [5.74, 6) is -0.475. The van der Waals surface area contributed by atoms with Crippen molar-refractivity contribution in [3.63, 3.8) is 0 Å². The van der Waals surface area contributed by atoms with E-state index in [4.69, 9.17) is 10.00 Å². The lowest BCUT2D eigenvalue weighted by Crippen LogP contribution is -2.26. The number of benzene rings is 2. The maximum atomic E-state index is 13.8. The number of aryl methyl sites for hydroxylation is 1. The summed E-state index contributed by atoms with van der Waals surface area (Å²) in [6.07, 6.45) is -3.87. The van der Waals surface area contributed by atoms with Gasteiger partial charge in [-0.25, -0.2) is 4.68 Å². The van der Waals surface area contributed by atoms with Gasteiger partial charge in [0.25, 0.3) is 5.91 Å². The van der Waals surface area contributed by atoms with Gasteiger partial charge in [-0.05, 0) is 36.2 Å². The van der Waals surface area contributed by atoms with Crippen LogP contribution in [-0.4, -0.2) is 22.3 Å². The predicted octanol–water partition coefficient (Wildman–Crippen LogP) is 4.03. The van der Waals surface area contributed by atoms with Gasteiger partial charge >= 0.3 is 6.18 Å². The number of carbonyl (C=O) groups is 1. The standard InChI is InChI=1S/C21H17F3N4O2/c1-14-5-2-3-8-18(14)28-19(21(22,23)24)17(13-27-28)20(29)26-12-15-6-4-7-16(11-15)30-10-9-25/h2-8,11,13H,10,12H2,1H3,(H,26,29). The molecular formula is C21H17F3N4O2. The van der Waals surface area contributed by atoms with Crippen molar-refractivity contribution in [2.24, 2.45) is 0 Å². The molecule has 9 heteroatoms. The lowest BCUT2D eigenvalue weighted by Gasteiger charge is -2.14. The molecule has 0 aliphatic rings. The molecule has 2 aromatic carbocycles. The van der Waals surface area contributed by atoms with Gasteiger partial charge in [0.1, 0.15) is 11.8 Å². The number of halogens is 3. The third kappa shape index (κ3) is 4.60. The molecule has 30 heavy (non-hydrogen) atoms. The Morgan fingerprint density at radius 2 is 2.00 bits per heavy atom. The number of ether oxygens (including phenoxy) is 1. The maximum absolute atomic E-state index is 13.8. The molecule has 0 fully saturated rings. The van der Waals surface area contributed by atoms with Gasteiger partial charge in [0, 0.05) is 6.54 Å². The Kier molecular flexibility index (Phi) is 6.06. The highest BCUT2D eigenvalue weighted by atomic mass is 19.4. The first-order chi connectivity index (χ1) is 14.3. The van der Waals surface area contributed by atoms with E-state index >= 15 is 0 Å². The minimum Gasteiger partial charge on any atom is -0.479 e. The van der Waals surface area contributed by atoms with Gasteiger partial charge in [-0.2, -0.15) is 23.5 Å². The van der Waals surface area contributed by atoms with E-state index < -0.39 is 23.3 Å². The van der Waals surface area contributed by atoms with Crippen LogP contribution in [0.15, 0.2) is 54.7 Å². The van der Waals surface area contributed by atoms with Crippen molar-refractivity contribution in [3.8, 4) is 17.5 Å². The summed E-state index contributed by atoms with van der Waals surface area (Å²) in [5.41, 5.74) is -0.264. The van der Waals surface area contributed by atoms with Crippen LogP contribution in [0.5, 0.6) is 5.75 Å². The van der Waals surface area contributed by atoms with Crippen LogP contribution in [0, 0.1) is 18.3 Å². The number of hydrogen-bond donors (Lipinski definition) is 1. The van der Waals surface area contributed by atoms with Gasteiger partial charge in [-0.3, -0.25) is 4.79 Å². The van der Waals surface area contributed by atoms with E-state index in [1.54, 1.807) is 49.4 Å². The van der Waals surface area contributed by atoms with Crippen molar-refractivity contribution in [1.82, 2.24) is 15.1 Å². The van der Waals surface area contributed by atoms with E-state index in [2.05, 4.69) is 10.4 Å². The van der Waals surface area contributed by atoms with E-state index in [9.17, 15) is 18.0 Å². The van der Waals surface area contributed by atoms with Crippen LogP contribution < -0.4 is 10.1 Å². The summed E-state index contributed by atoms with van der Waals surface area (Å²) in [5, 5.41) is 14.9. The largest absolute Gasteiger partial charge is 0.479 e. The molecule has 0 unspecified atom stereocenters. The van der Waals surface area contributed by atoms with Gasteiger partial charge < -0.3 is 10.1 Å². The molecule has 3 rings (SSSR count). The van der Waals surface area contributed by atoms with Crippen LogP contribution in [-0.2, 0) is 12.7 Å². The zero-order valence-corrected chi connectivity index (χ0v) is 15.9. The highest BCUT2D eigenvalue weighted by Gasteiger charge is 2.40. The molecule has 0 saturated heterocycles. The molecule has 0 radical (unpaired) electrons. The molecule has 0 aliphatic carbocycles. The third-order valence-electron chi connectivity index (χ3n) is 4.28. The molecular weight excluding hydrogens is 397 g/mol. The molecule has 0 saturated carbocycles. The number of para-hydroxylation sites is 1. The Hall–Kier alpha value is -3.80. The number of hydrogen-bond acceptors (Lipinski definition) is 4. The normalized spacial score (nSPS) is 11.0. The lowest BCUT2D eigenvalue weighted by molar-refractivity contribution is -0.143. The summed E-state index contributed by atoms with van der Waals surface area (Å²) in [6, 6.07) is 14.9. The number of rotatable bonds is 6. The van der Waals surface area contributed by atoms with Crippen molar-refractivity contribution >= 4 is 5.91 Å². The van der Waals surface area contributed by atoms with Crippen molar-refractivity contribution in [1.29, 1.82) is 5.26 Å². The number of amides is 1. The number of alkyl halides is 3. The van der Waals surface area contributed by atoms with E-state index in [0.717, 1.165) is 10.9 Å². The number of nitrogens with one attached hydrogen (secondary N) is 1. The Labute approximate surface area is 170 Å². The summed E-state index contributed by atoms with van der Waals surface area (Å²) in [7, 11) is 0. The highest BCUT2D eigenvalue weighted by molar-refractivity contribution is 5.95. The second-order valence-electron chi connectivity index (χ2n) is 6.38. The average Bonchev–Trinajstić information content (AvgIpc) is 3.17. The molecule has 0 atom stereocenters. The second-order valence-corrected chi connectivity index (χ2v) is 6.38. The van der Waals surface area contributed by atoms with Crippen LogP contribution in [0.1, 0.15) is 27.2 Å². The molecule has 6 nitrogen and oxygen atoms in total. The number of nitriles is 1. The molecule has 1 aromatic heterocycles. The monoisotopic (exact) mass is 414 g/mol. The SMILES string of the molecule is Cc1ccccc1-n1ncc(C(=O)NCc2cccc(OCC#N)c2)c1C(F)(F)F. The first-order valence-corrected chi connectivity index (χ1v) is 8.89. The predicted molar refractivity (Wildman–Crippen MR) is 102 cm³/mol. The van der Waals surface area contributed by atoms with Gasteiger partial charge in [0.05, 0.1) is 17.4 Å². The van der Waals surface area contributed by atoms with Crippen molar-refractivity contribution in [2.75, 3.05) is 6.61 Å². The molecule has 0 bridgehead atoms. The molecule has 154 valence electrons. The smallest absolute Gasteiger partial charge is 0.434 e. The van der Waals surface area contributed by atoms with E-state index in [-0.39, 0.29) is 18.8 Å². The third-order valence-corrected chi connectivity index (χ3v) is 4.28. The molecule has 0 aliphatic heterocycles. The number of carbonyl (C=O) groups excluding carboxylic acids is 1. The van der Waals surface area contributed by atoms with Crippen molar-refractivity contribution < 1.29 is 22.7 Å². The Bertz CT molecular complexity index is 1100. The number of aromatic nitrogens is 2. The Morgan fingerprint density at radius 1 is 1.23 bits per heavy atom. The quantitative estimate of drug-likeness (QED) is 0.661. The molecule has 1 amide bonds. The van der Waals surface area contributed by atoms with Gasteiger partial charge in [-0.1, -0.05) is 30.3 Å². The maximum Gasteiger partial charge on any atom is 0.434 e. The van der Waals surface area contributed by atoms with Crippen LogP contribution in [0.2, 0.25) is 0 Å². The molecule has 0 spiro atoms. The van der Waals surface area contributed by atoms with E-state index in [1.165, 1.54) is 6.07 Å². The van der Waals surface area contributed by atoms with E-state index in [1.807, 2.05) is 6.07 Å². The van der Waals surface area contributed by atoms with Gasteiger partial charge in [0.15, 0.2) is 12.3 Å².